The highest BCUT2D eigenvalue weighted by molar-refractivity contribution is 4.86. The van der Waals surface area contributed by atoms with E-state index in [4.69, 9.17) is 5.11 Å². The van der Waals surface area contributed by atoms with Crippen LogP contribution in [0.4, 0.5) is 0 Å². The number of unbranched alkanes of at least 4 members (excludes halogenated alkanes) is 2. The SMILES string of the molecule is OCCCCCNC1CCCCC1C1CCCCC1. The lowest BCUT2D eigenvalue weighted by Crippen LogP contribution is -2.42. The zero-order valence-corrected chi connectivity index (χ0v) is 12.6. The molecule has 2 aliphatic carbocycles. The van der Waals surface area contributed by atoms with Crippen LogP contribution in [0.2, 0.25) is 0 Å². The number of hydrogen-bond acceptors (Lipinski definition) is 2. The summed E-state index contributed by atoms with van der Waals surface area (Å²) in [6.07, 6.45) is 16.6. The van der Waals surface area contributed by atoms with E-state index >= 15 is 0 Å². The normalized spacial score (nSPS) is 29.5. The minimum absolute atomic E-state index is 0.355. The highest BCUT2D eigenvalue weighted by atomic mass is 16.2. The van der Waals surface area contributed by atoms with Gasteiger partial charge in [0.15, 0.2) is 0 Å². The molecule has 0 radical (unpaired) electrons. The molecule has 0 aromatic rings. The molecule has 19 heavy (non-hydrogen) atoms. The van der Waals surface area contributed by atoms with Gasteiger partial charge in [0.05, 0.1) is 0 Å². The summed E-state index contributed by atoms with van der Waals surface area (Å²) in [7, 11) is 0. The molecule has 2 unspecified atom stereocenters. The first-order valence-electron chi connectivity index (χ1n) is 8.76. The molecule has 2 rings (SSSR count). The van der Waals surface area contributed by atoms with Crippen LogP contribution in [0, 0.1) is 11.8 Å². The minimum Gasteiger partial charge on any atom is -0.396 e. The molecule has 0 amide bonds. The van der Waals surface area contributed by atoms with Crippen LogP contribution >= 0.6 is 0 Å². The molecule has 2 fully saturated rings. The summed E-state index contributed by atoms with van der Waals surface area (Å²) in [5.41, 5.74) is 0. The van der Waals surface area contributed by atoms with Gasteiger partial charge in [0.25, 0.3) is 0 Å². The van der Waals surface area contributed by atoms with E-state index in [1.165, 1.54) is 70.6 Å². The summed E-state index contributed by atoms with van der Waals surface area (Å²) in [5.74, 6) is 1.98. The Morgan fingerprint density at radius 3 is 2.32 bits per heavy atom. The summed E-state index contributed by atoms with van der Waals surface area (Å²) in [4.78, 5) is 0. The molecule has 2 atom stereocenters. The first kappa shape index (κ1) is 15.3. The lowest BCUT2D eigenvalue weighted by atomic mass is 9.71. The van der Waals surface area contributed by atoms with Gasteiger partial charge in [0.1, 0.15) is 0 Å². The summed E-state index contributed by atoms with van der Waals surface area (Å²) in [6, 6.07) is 0.797. The largest absolute Gasteiger partial charge is 0.396 e. The second-order valence-corrected chi connectivity index (χ2v) is 6.69. The molecule has 2 saturated carbocycles. The molecule has 0 aliphatic heterocycles. The third-order valence-electron chi connectivity index (χ3n) is 5.32. The average Bonchev–Trinajstić information content (AvgIpc) is 2.48. The van der Waals surface area contributed by atoms with Crippen molar-refractivity contribution < 1.29 is 5.11 Å². The molecule has 2 aliphatic rings. The summed E-state index contributed by atoms with van der Waals surface area (Å²) in [5, 5.41) is 12.7. The summed E-state index contributed by atoms with van der Waals surface area (Å²) in [6.45, 7) is 1.52. The van der Waals surface area contributed by atoms with Crippen molar-refractivity contribution in [3.63, 3.8) is 0 Å². The summed E-state index contributed by atoms with van der Waals surface area (Å²) < 4.78 is 0. The number of hydrogen-bond donors (Lipinski definition) is 2. The van der Waals surface area contributed by atoms with Gasteiger partial charge in [-0.2, -0.15) is 0 Å². The molecule has 0 aromatic heterocycles. The predicted octanol–water partition coefficient (Wildman–Crippen LogP) is 3.88. The van der Waals surface area contributed by atoms with E-state index in [9.17, 15) is 0 Å². The zero-order chi connectivity index (χ0) is 13.3. The Morgan fingerprint density at radius 2 is 1.53 bits per heavy atom. The maximum atomic E-state index is 8.81. The van der Waals surface area contributed by atoms with Crippen LogP contribution < -0.4 is 5.32 Å². The van der Waals surface area contributed by atoms with Crippen LogP contribution in [0.3, 0.4) is 0 Å². The number of nitrogens with one attached hydrogen (secondary N) is 1. The van der Waals surface area contributed by atoms with E-state index in [2.05, 4.69) is 5.32 Å². The van der Waals surface area contributed by atoms with Crippen LogP contribution in [0.25, 0.3) is 0 Å². The van der Waals surface area contributed by atoms with Gasteiger partial charge in [-0.1, -0.05) is 44.9 Å². The van der Waals surface area contributed by atoms with Gasteiger partial charge in [-0.05, 0) is 50.5 Å². The van der Waals surface area contributed by atoms with Crippen LogP contribution in [0.5, 0.6) is 0 Å². The number of aliphatic hydroxyl groups excluding tert-OH is 1. The monoisotopic (exact) mass is 267 g/mol. The van der Waals surface area contributed by atoms with Crippen molar-refractivity contribution in [2.24, 2.45) is 11.8 Å². The van der Waals surface area contributed by atoms with Crippen LogP contribution in [0.15, 0.2) is 0 Å². The summed E-state index contributed by atoms with van der Waals surface area (Å²) >= 11 is 0. The van der Waals surface area contributed by atoms with E-state index in [1.54, 1.807) is 0 Å². The maximum absolute atomic E-state index is 8.81. The highest BCUT2D eigenvalue weighted by Gasteiger charge is 2.31. The van der Waals surface area contributed by atoms with Crippen LogP contribution in [-0.2, 0) is 0 Å². The molecule has 2 nitrogen and oxygen atoms in total. The van der Waals surface area contributed by atoms with Crippen molar-refractivity contribution in [2.45, 2.75) is 83.1 Å². The Kier molecular flexibility index (Phi) is 7.23. The van der Waals surface area contributed by atoms with E-state index < -0.39 is 0 Å². The topological polar surface area (TPSA) is 32.3 Å². The molecule has 0 bridgehead atoms. The van der Waals surface area contributed by atoms with Gasteiger partial charge in [0.2, 0.25) is 0 Å². The van der Waals surface area contributed by atoms with Gasteiger partial charge >= 0.3 is 0 Å². The molecular weight excluding hydrogens is 234 g/mol. The average molecular weight is 267 g/mol. The van der Waals surface area contributed by atoms with Gasteiger partial charge in [0, 0.05) is 12.6 Å². The fraction of sp³-hybridized carbons (Fsp3) is 1.00. The second-order valence-electron chi connectivity index (χ2n) is 6.69. The van der Waals surface area contributed by atoms with E-state index in [0.29, 0.717) is 6.61 Å². The van der Waals surface area contributed by atoms with Gasteiger partial charge < -0.3 is 10.4 Å². The minimum atomic E-state index is 0.355. The Bertz CT molecular complexity index is 225. The zero-order valence-electron chi connectivity index (χ0n) is 12.6. The second kappa shape index (κ2) is 8.97. The fourth-order valence-electron chi connectivity index (χ4n) is 4.24. The van der Waals surface area contributed by atoms with Crippen molar-refractivity contribution in [1.82, 2.24) is 5.32 Å². The molecule has 0 spiro atoms. The Hall–Kier alpha value is -0.0800. The van der Waals surface area contributed by atoms with Gasteiger partial charge in [-0.3, -0.25) is 0 Å². The first-order valence-corrected chi connectivity index (χ1v) is 8.76. The maximum Gasteiger partial charge on any atom is 0.0431 e. The van der Waals surface area contributed by atoms with Crippen molar-refractivity contribution in [1.29, 1.82) is 0 Å². The van der Waals surface area contributed by atoms with Crippen molar-refractivity contribution >= 4 is 0 Å². The number of aliphatic hydroxyl groups is 1. The van der Waals surface area contributed by atoms with Gasteiger partial charge in [-0.25, -0.2) is 0 Å². The van der Waals surface area contributed by atoms with Crippen molar-refractivity contribution in [3.8, 4) is 0 Å². The quantitative estimate of drug-likeness (QED) is 0.686. The molecule has 2 heteroatoms. The molecule has 0 aromatic carbocycles. The van der Waals surface area contributed by atoms with E-state index in [0.717, 1.165) is 30.8 Å². The molecule has 112 valence electrons. The van der Waals surface area contributed by atoms with Crippen LogP contribution in [0.1, 0.15) is 77.0 Å². The fourth-order valence-corrected chi connectivity index (χ4v) is 4.24. The third-order valence-corrected chi connectivity index (χ3v) is 5.32. The third kappa shape index (κ3) is 5.07. The lowest BCUT2D eigenvalue weighted by Gasteiger charge is -2.39. The van der Waals surface area contributed by atoms with E-state index in [1.807, 2.05) is 0 Å². The molecule has 0 heterocycles. The molecule has 2 N–H and O–H groups in total. The Morgan fingerprint density at radius 1 is 0.789 bits per heavy atom. The molecule has 0 saturated heterocycles. The van der Waals surface area contributed by atoms with Gasteiger partial charge in [-0.15, -0.1) is 0 Å². The van der Waals surface area contributed by atoms with Crippen LogP contribution in [-0.4, -0.2) is 24.3 Å². The van der Waals surface area contributed by atoms with Crippen molar-refractivity contribution in [2.75, 3.05) is 13.2 Å². The lowest BCUT2D eigenvalue weighted by molar-refractivity contribution is 0.150. The van der Waals surface area contributed by atoms with Crippen molar-refractivity contribution in [3.05, 3.63) is 0 Å². The highest BCUT2D eigenvalue weighted by Crippen LogP contribution is 2.38. The number of rotatable bonds is 7. The molecular formula is C17H33NO. The Balaban J connectivity index is 1.72. The first-order chi connectivity index (χ1) is 9.42. The standard InChI is InChI=1S/C17H33NO/c19-14-8-2-7-13-18-17-12-6-5-11-16(17)15-9-3-1-4-10-15/h15-19H,1-14H2. The predicted molar refractivity (Wildman–Crippen MR) is 81.3 cm³/mol. The van der Waals surface area contributed by atoms with E-state index in [-0.39, 0.29) is 0 Å². The Labute approximate surface area is 119 Å². The smallest absolute Gasteiger partial charge is 0.0431 e.